The SMILES string of the molecule is COc1cc(-c2cnc(C)c(F)c2C#N)c(F)cc1N. The molecule has 0 saturated heterocycles. The first-order valence-corrected chi connectivity index (χ1v) is 5.68. The molecule has 2 N–H and O–H groups in total. The van der Waals surface area contributed by atoms with Crippen LogP contribution in [0.1, 0.15) is 11.3 Å². The van der Waals surface area contributed by atoms with Gasteiger partial charge in [-0.15, -0.1) is 0 Å². The third-order valence-corrected chi connectivity index (χ3v) is 2.92. The summed E-state index contributed by atoms with van der Waals surface area (Å²) in [5, 5.41) is 9.06. The van der Waals surface area contributed by atoms with Gasteiger partial charge in [0.2, 0.25) is 0 Å². The van der Waals surface area contributed by atoms with Crippen LogP contribution in [0.3, 0.4) is 0 Å². The summed E-state index contributed by atoms with van der Waals surface area (Å²) in [5.41, 5.74) is 5.59. The van der Waals surface area contributed by atoms with E-state index in [-0.39, 0.29) is 33.8 Å². The maximum atomic E-state index is 14.0. The molecule has 1 heterocycles. The highest BCUT2D eigenvalue weighted by Gasteiger charge is 2.18. The van der Waals surface area contributed by atoms with Crippen molar-refractivity contribution >= 4 is 5.69 Å². The highest BCUT2D eigenvalue weighted by atomic mass is 19.1. The molecule has 0 fully saturated rings. The summed E-state index contributed by atoms with van der Waals surface area (Å²) in [5.74, 6) is -1.20. The van der Waals surface area contributed by atoms with Crippen LogP contribution in [0.25, 0.3) is 11.1 Å². The van der Waals surface area contributed by atoms with Gasteiger partial charge in [0.05, 0.1) is 24.1 Å². The first kappa shape index (κ1) is 13.7. The number of methoxy groups -OCH3 is 1. The number of aromatic nitrogens is 1. The second-order valence-corrected chi connectivity index (χ2v) is 4.13. The Balaban J connectivity index is 2.76. The van der Waals surface area contributed by atoms with E-state index in [0.717, 1.165) is 6.07 Å². The fraction of sp³-hybridized carbons (Fsp3) is 0.143. The third-order valence-electron chi connectivity index (χ3n) is 2.92. The predicted octanol–water partition coefficient (Wildman–Crippen LogP) is 2.80. The van der Waals surface area contributed by atoms with Crippen LogP contribution in [0.2, 0.25) is 0 Å². The standard InChI is InChI=1S/C14H11F2N3O/c1-7-14(16)9(5-17)10(6-19-7)8-3-13(20-2)12(18)4-11(8)15/h3-4,6H,18H2,1-2H3. The first-order valence-electron chi connectivity index (χ1n) is 5.68. The van der Waals surface area contributed by atoms with Crippen LogP contribution in [0, 0.1) is 29.9 Å². The number of rotatable bonds is 2. The molecule has 0 saturated carbocycles. The molecule has 2 rings (SSSR count). The van der Waals surface area contributed by atoms with Crippen LogP contribution in [0.4, 0.5) is 14.5 Å². The van der Waals surface area contributed by atoms with Gasteiger partial charge in [-0.1, -0.05) is 0 Å². The number of halogens is 2. The summed E-state index contributed by atoms with van der Waals surface area (Å²) in [7, 11) is 1.38. The zero-order chi connectivity index (χ0) is 14.9. The number of hydrogen-bond donors (Lipinski definition) is 1. The largest absolute Gasteiger partial charge is 0.495 e. The van der Waals surface area contributed by atoms with Gasteiger partial charge < -0.3 is 10.5 Å². The molecule has 0 amide bonds. The predicted molar refractivity (Wildman–Crippen MR) is 70.0 cm³/mol. The van der Waals surface area contributed by atoms with E-state index in [2.05, 4.69) is 4.98 Å². The third kappa shape index (κ3) is 2.14. The van der Waals surface area contributed by atoms with Gasteiger partial charge in [0.25, 0.3) is 0 Å². The number of pyridine rings is 1. The van der Waals surface area contributed by atoms with Gasteiger partial charge in [0.15, 0.2) is 5.82 Å². The molecule has 0 unspecified atom stereocenters. The summed E-state index contributed by atoms with van der Waals surface area (Å²) in [6.45, 7) is 1.43. The minimum absolute atomic E-state index is 0.0130. The normalized spacial score (nSPS) is 10.2. The molecular weight excluding hydrogens is 264 g/mol. The summed E-state index contributed by atoms with van der Waals surface area (Å²) in [6.07, 6.45) is 1.25. The van der Waals surface area contributed by atoms with Gasteiger partial charge >= 0.3 is 0 Å². The lowest BCUT2D eigenvalue weighted by Gasteiger charge is -2.11. The van der Waals surface area contributed by atoms with Crippen molar-refractivity contribution < 1.29 is 13.5 Å². The Hall–Kier alpha value is -2.68. The molecular formula is C14H11F2N3O. The van der Waals surface area contributed by atoms with Crippen molar-refractivity contribution in [3.05, 3.63) is 41.2 Å². The lowest BCUT2D eigenvalue weighted by molar-refractivity contribution is 0.416. The Morgan fingerprint density at radius 2 is 2.00 bits per heavy atom. The molecule has 2 aromatic rings. The van der Waals surface area contributed by atoms with E-state index in [4.69, 9.17) is 15.7 Å². The average Bonchev–Trinajstić information content (AvgIpc) is 2.42. The number of benzene rings is 1. The van der Waals surface area contributed by atoms with E-state index < -0.39 is 11.6 Å². The van der Waals surface area contributed by atoms with Gasteiger partial charge in [0, 0.05) is 23.4 Å². The van der Waals surface area contributed by atoms with Crippen molar-refractivity contribution in [2.24, 2.45) is 0 Å². The number of nitrogen functional groups attached to an aromatic ring is 1. The van der Waals surface area contributed by atoms with E-state index in [0.29, 0.717) is 0 Å². The van der Waals surface area contributed by atoms with Gasteiger partial charge in [-0.3, -0.25) is 4.98 Å². The number of hydrogen-bond acceptors (Lipinski definition) is 4. The molecule has 0 aliphatic rings. The Kier molecular flexibility index (Phi) is 3.53. The molecule has 20 heavy (non-hydrogen) atoms. The number of nitrogens with two attached hydrogens (primary N) is 1. The van der Waals surface area contributed by atoms with Crippen molar-refractivity contribution in [1.29, 1.82) is 5.26 Å². The average molecular weight is 275 g/mol. The number of nitriles is 1. The van der Waals surface area contributed by atoms with E-state index in [1.54, 1.807) is 6.07 Å². The highest BCUT2D eigenvalue weighted by molar-refractivity contribution is 5.74. The second-order valence-electron chi connectivity index (χ2n) is 4.13. The molecule has 1 aromatic carbocycles. The topological polar surface area (TPSA) is 71.9 Å². The zero-order valence-corrected chi connectivity index (χ0v) is 10.9. The molecule has 1 aromatic heterocycles. The molecule has 0 atom stereocenters. The number of anilines is 1. The molecule has 0 bridgehead atoms. The number of aryl methyl sites for hydroxylation is 1. The lowest BCUT2D eigenvalue weighted by atomic mass is 10.00. The molecule has 0 aliphatic carbocycles. The monoisotopic (exact) mass is 275 g/mol. The number of ether oxygens (including phenoxy) is 1. The van der Waals surface area contributed by atoms with E-state index in [9.17, 15) is 8.78 Å². The summed E-state index contributed by atoms with van der Waals surface area (Å²) >= 11 is 0. The summed E-state index contributed by atoms with van der Waals surface area (Å²) in [6, 6.07) is 4.11. The van der Waals surface area contributed by atoms with Crippen LogP contribution < -0.4 is 10.5 Å². The minimum Gasteiger partial charge on any atom is -0.495 e. The maximum absolute atomic E-state index is 14.0. The summed E-state index contributed by atoms with van der Waals surface area (Å²) in [4.78, 5) is 3.82. The van der Waals surface area contributed by atoms with Crippen LogP contribution in [-0.2, 0) is 0 Å². The quantitative estimate of drug-likeness (QED) is 0.855. The van der Waals surface area contributed by atoms with Gasteiger partial charge in [0.1, 0.15) is 17.6 Å². The highest BCUT2D eigenvalue weighted by Crippen LogP contribution is 2.34. The molecule has 0 radical (unpaired) electrons. The van der Waals surface area contributed by atoms with E-state index >= 15 is 0 Å². The lowest BCUT2D eigenvalue weighted by Crippen LogP contribution is -2.00. The van der Waals surface area contributed by atoms with Crippen molar-refractivity contribution in [3.63, 3.8) is 0 Å². The fourth-order valence-corrected chi connectivity index (χ4v) is 1.85. The summed E-state index contributed by atoms with van der Waals surface area (Å²) < 4.78 is 32.9. The van der Waals surface area contributed by atoms with Crippen molar-refractivity contribution in [2.45, 2.75) is 6.92 Å². The zero-order valence-electron chi connectivity index (χ0n) is 10.9. The van der Waals surface area contributed by atoms with Gasteiger partial charge in [-0.2, -0.15) is 5.26 Å². The Bertz CT molecular complexity index is 723. The molecule has 6 heteroatoms. The second kappa shape index (κ2) is 5.13. The van der Waals surface area contributed by atoms with E-state index in [1.807, 2.05) is 0 Å². The van der Waals surface area contributed by atoms with Crippen molar-refractivity contribution in [2.75, 3.05) is 12.8 Å². The molecule has 0 aliphatic heterocycles. The van der Waals surface area contributed by atoms with Crippen molar-refractivity contribution in [3.8, 4) is 22.9 Å². The molecule has 0 spiro atoms. The first-order chi connectivity index (χ1) is 9.49. The Morgan fingerprint density at radius 3 is 2.60 bits per heavy atom. The molecule has 102 valence electrons. The van der Waals surface area contributed by atoms with Gasteiger partial charge in [-0.25, -0.2) is 8.78 Å². The Labute approximate surface area is 114 Å². The fourth-order valence-electron chi connectivity index (χ4n) is 1.85. The van der Waals surface area contributed by atoms with Gasteiger partial charge in [-0.05, 0) is 13.0 Å². The molecule has 4 nitrogen and oxygen atoms in total. The minimum atomic E-state index is -0.764. The van der Waals surface area contributed by atoms with Crippen LogP contribution in [0.15, 0.2) is 18.3 Å². The van der Waals surface area contributed by atoms with Crippen molar-refractivity contribution in [1.82, 2.24) is 4.98 Å². The van der Waals surface area contributed by atoms with Crippen LogP contribution in [0.5, 0.6) is 5.75 Å². The van der Waals surface area contributed by atoms with Crippen LogP contribution >= 0.6 is 0 Å². The Morgan fingerprint density at radius 1 is 1.30 bits per heavy atom. The van der Waals surface area contributed by atoms with E-state index in [1.165, 1.54) is 26.3 Å². The van der Waals surface area contributed by atoms with Crippen LogP contribution in [-0.4, -0.2) is 12.1 Å². The number of nitrogens with zero attached hydrogens (tertiary/aromatic N) is 2. The maximum Gasteiger partial charge on any atom is 0.162 e. The smallest absolute Gasteiger partial charge is 0.162 e.